The third kappa shape index (κ3) is 3.19. The maximum Gasteiger partial charge on any atom is 0.231 e. The van der Waals surface area contributed by atoms with Crippen LogP contribution in [-0.2, 0) is 11.3 Å². The first-order chi connectivity index (χ1) is 10.6. The zero-order valence-electron chi connectivity index (χ0n) is 12.4. The molecule has 0 fully saturated rings. The van der Waals surface area contributed by atoms with Crippen LogP contribution in [-0.4, -0.2) is 28.7 Å². The van der Waals surface area contributed by atoms with E-state index in [0.717, 1.165) is 33.3 Å². The maximum absolute atomic E-state index is 11.9. The molecule has 3 rings (SSSR count). The monoisotopic (exact) mass is 319 g/mol. The number of nitrogens with zero attached hydrogens (tertiary/aromatic N) is 1. The summed E-state index contributed by atoms with van der Waals surface area (Å²) in [7, 11) is 0. The number of carbonyl (C=O) groups is 1. The molecule has 6 nitrogen and oxygen atoms in total. The third-order valence-electron chi connectivity index (χ3n) is 3.33. The Morgan fingerprint density at radius 3 is 2.95 bits per heavy atom. The van der Waals surface area contributed by atoms with E-state index in [9.17, 15) is 4.79 Å². The van der Waals surface area contributed by atoms with Crippen molar-refractivity contribution in [3.05, 3.63) is 35.2 Å². The number of hydrogen-bond donors (Lipinski definition) is 2. The number of ether oxygens (including phenoxy) is 2. The second-order valence-electron chi connectivity index (χ2n) is 5.02. The van der Waals surface area contributed by atoms with Crippen molar-refractivity contribution in [2.75, 3.05) is 12.5 Å². The lowest BCUT2D eigenvalue weighted by Gasteiger charge is -2.06. The van der Waals surface area contributed by atoms with Gasteiger partial charge < -0.3 is 14.8 Å². The van der Waals surface area contributed by atoms with Crippen LogP contribution in [0, 0.1) is 13.8 Å². The Morgan fingerprint density at radius 2 is 2.18 bits per heavy atom. The first-order valence-corrected chi connectivity index (χ1v) is 7.91. The van der Waals surface area contributed by atoms with Gasteiger partial charge in [0.05, 0.1) is 16.3 Å². The number of thioether (sulfide) groups is 1. The topological polar surface area (TPSA) is 76.2 Å². The van der Waals surface area contributed by atoms with Gasteiger partial charge in [-0.1, -0.05) is 6.07 Å². The molecule has 0 aliphatic carbocycles. The molecular weight excluding hydrogens is 302 g/mol. The average molecular weight is 319 g/mol. The number of rotatable bonds is 5. The van der Waals surface area contributed by atoms with E-state index in [1.165, 1.54) is 11.8 Å². The van der Waals surface area contributed by atoms with Gasteiger partial charge in [-0.3, -0.25) is 9.89 Å². The molecule has 1 aromatic carbocycles. The lowest BCUT2D eigenvalue weighted by molar-refractivity contribution is -0.118. The first kappa shape index (κ1) is 14.8. The van der Waals surface area contributed by atoms with Crippen molar-refractivity contribution < 1.29 is 14.3 Å². The highest BCUT2D eigenvalue weighted by molar-refractivity contribution is 8.00. The summed E-state index contributed by atoms with van der Waals surface area (Å²) in [4.78, 5) is 13.0. The second-order valence-corrected chi connectivity index (χ2v) is 6.00. The number of aromatic amines is 1. The molecule has 0 saturated carbocycles. The van der Waals surface area contributed by atoms with Crippen LogP contribution in [0.3, 0.4) is 0 Å². The van der Waals surface area contributed by atoms with E-state index in [0.29, 0.717) is 12.3 Å². The highest BCUT2D eigenvalue weighted by Gasteiger charge is 2.14. The number of H-pyrrole nitrogens is 1. The molecule has 2 N–H and O–H groups in total. The van der Waals surface area contributed by atoms with Gasteiger partial charge in [-0.2, -0.15) is 5.10 Å². The van der Waals surface area contributed by atoms with Gasteiger partial charge in [-0.15, -0.1) is 11.8 Å². The average Bonchev–Trinajstić information content (AvgIpc) is 3.10. The van der Waals surface area contributed by atoms with Crippen molar-refractivity contribution in [2.24, 2.45) is 0 Å². The van der Waals surface area contributed by atoms with Crippen molar-refractivity contribution in [3.8, 4) is 11.5 Å². The SMILES string of the molecule is Cc1n[nH]c(C)c1SCC(=O)NCc1ccc2c(c1)OCO2. The maximum atomic E-state index is 11.9. The van der Waals surface area contributed by atoms with Crippen LogP contribution in [0.5, 0.6) is 11.5 Å². The quantitative estimate of drug-likeness (QED) is 0.826. The number of fused-ring (bicyclic) bond motifs is 1. The summed E-state index contributed by atoms with van der Waals surface area (Å²) in [6.45, 7) is 4.60. The van der Waals surface area contributed by atoms with E-state index in [-0.39, 0.29) is 12.7 Å². The number of amides is 1. The minimum atomic E-state index is -0.0114. The van der Waals surface area contributed by atoms with E-state index in [2.05, 4.69) is 15.5 Å². The van der Waals surface area contributed by atoms with Gasteiger partial charge in [0.1, 0.15) is 0 Å². The van der Waals surface area contributed by atoms with Crippen LogP contribution in [0.25, 0.3) is 0 Å². The Hall–Kier alpha value is -2.15. The summed E-state index contributed by atoms with van der Waals surface area (Å²) in [5.74, 6) is 1.83. The van der Waals surface area contributed by atoms with Gasteiger partial charge in [0.2, 0.25) is 12.7 Å². The molecular formula is C15H17N3O3S. The lowest BCUT2D eigenvalue weighted by atomic mass is 10.2. The summed E-state index contributed by atoms with van der Waals surface area (Å²) in [5.41, 5.74) is 2.90. The van der Waals surface area contributed by atoms with Crippen LogP contribution in [0.2, 0.25) is 0 Å². The minimum Gasteiger partial charge on any atom is -0.454 e. The van der Waals surface area contributed by atoms with Crippen molar-refractivity contribution in [1.82, 2.24) is 15.5 Å². The van der Waals surface area contributed by atoms with E-state index < -0.39 is 0 Å². The summed E-state index contributed by atoms with van der Waals surface area (Å²) in [6.07, 6.45) is 0. The molecule has 1 aromatic heterocycles. The smallest absolute Gasteiger partial charge is 0.231 e. The van der Waals surface area contributed by atoms with Gasteiger partial charge in [0.15, 0.2) is 11.5 Å². The molecule has 0 radical (unpaired) electrons. The first-order valence-electron chi connectivity index (χ1n) is 6.93. The zero-order valence-corrected chi connectivity index (χ0v) is 13.3. The molecule has 116 valence electrons. The van der Waals surface area contributed by atoms with Crippen LogP contribution in [0.1, 0.15) is 17.0 Å². The number of nitrogens with one attached hydrogen (secondary N) is 2. The van der Waals surface area contributed by atoms with Crippen molar-refractivity contribution >= 4 is 17.7 Å². The lowest BCUT2D eigenvalue weighted by Crippen LogP contribution is -2.24. The number of benzene rings is 1. The number of carbonyl (C=O) groups excluding carboxylic acids is 1. The summed E-state index contributed by atoms with van der Waals surface area (Å²) in [6, 6.07) is 5.67. The molecule has 1 amide bonds. The third-order valence-corrected chi connectivity index (χ3v) is 4.63. The normalized spacial score (nSPS) is 12.5. The van der Waals surface area contributed by atoms with E-state index >= 15 is 0 Å². The molecule has 7 heteroatoms. The minimum absolute atomic E-state index is 0.0114. The number of hydrogen-bond acceptors (Lipinski definition) is 5. The van der Waals surface area contributed by atoms with Gasteiger partial charge in [-0.05, 0) is 31.5 Å². The highest BCUT2D eigenvalue weighted by Crippen LogP contribution is 2.32. The Bertz CT molecular complexity index is 680. The van der Waals surface area contributed by atoms with Crippen LogP contribution < -0.4 is 14.8 Å². The van der Waals surface area contributed by atoms with Gasteiger partial charge in [-0.25, -0.2) is 0 Å². The van der Waals surface area contributed by atoms with E-state index in [1.807, 2.05) is 32.0 Å². The van der Waals surface area contributed by atoms with Crippen LogP contribution >= 0.6 is 11.8 Å². The predicted molar refractivity (Wildman–Crippen MR) is 83.2 cm³/mol. The Balaban J connectivity index is 1.50. The van der Waals surface area contributed by atoms with E-state index in [4.69, 9.17) is 9.47 Å². The highest BCUT2D eigenvalue weighted by atomic mass is 32.2. The van der Waals surface area contributed by atoms with Crippen LogP contribution in [0.4, 0.5) is 0 Å². The van der Waals surface area contributed by atoms with Gasteiger partial charge in [0.25, 0.3) is 0 Å². The Kier molecular flexibility index (Phi) is 4.24. The molecule has 2 heterocycles. The summed E-state index contributed by atoms with van der Waals surface area (Å²) < 4.78 is 10.6. The van der Waals surface area contributed by atoms with E-state index in [1.54, 1.807) is 0 Å². The molecule has 1 aliphatic rings. The Labute approximate surface area is 132 Å². The fraction of sp³-hybridized carbons (Fsp3) is 0.333. The predicted octanol–water partition coefficient (Wildman–Crippen LogP) is 2.16. The number of aromatic nitrogens is 2. The van der Waals surface area contributed by atoms with Gasteiger partial charge in [0, 0.05) is 12.2 Å². The molecule has 0 atom stereocenters. The number of aryl methyl sites for hydroxylation is 2. The largest absolute Gasteiger partial charge is 0.454 e. The molecule has 0 saturated heterocycles. The molecule has 0 bridgehead atoms. The molecule has 2 aromatic rings. The van der Waals surface area contributed by atoms with Crippen LogP contribution in [0.15, 0.2) is 23.1 Å². The summed E-state index contributed by atoms with van der Waals surface area (Å²) in [5, 5.41) is 9.94. The molecule has 0 spiro atoms. The van der Waals surface area contributed by atoms with Crippen molar-refractivity contribution in [1.29, 1.82) is 0 Å². The molecule has 22 heavy (non-hydrogen) atoms. The fourth-order valence-electron chi connectivity index (χ4n) is 2.19. The molecule has 1 aliphatic heterocycles. The van der Waals surface area contributed by atoms with Crippen molar-refractivity contribution in [2.45, 2.75) is 25.3 Å². The molecule has 0 unspecified atom stereocenters. The second kappa shape index (κ2) is 6.31. The standard InChI is InChI=1S/C15H17N3O3S/c1-9-15(10(2)18-17-9)22-7-14(19)16-6-11-3-4-12-13(5-11)21-8-20-12/h3-5H,6-8H2,1-2H3,(H,16,19)(H,17,18). The fourth-order valence-corrected chi connectivity index (χ4v) is 3.09. The van der Waals surface area contributed by atoms with Crippen molar-refractivity contribution in [3.63, 3.8) is 0 Å². The zero-order chi connectivity index (χ0) is 15.5. The Morgan fingerprint density at radius 1 is 1.36 bits per heavy atom. The van der Waals surface area contributed by atoms with Gasteiger partial charge >= 0.3 is 0 Å². The summed E-state index contributed by atoms with van der Waals surface area (Å²) >= 11 is 1.49.